The van der Waals surface area contributed by atoms with E-state index in [9.17, 15) is 0 Å². The van der Waals surface area contributed by atoms with Crippen LogP contribution in [0.5, 0.6) is 0 Å². The molecule has 0 aliphatic carbocycles. The first-order valence-corrected chi connectivity index (χ1v) is 7.29. The van der Waals surface area contributed by atoms with Gasteiger partial charge in [0.15, 0.2) is 0 Å². The molecule has 2 nitrogen and oxygen atoms in total. The lowest BCUT2D eigenvalue weighted by molar-refractivity contribution is 0.916. The van der Waals surface area contributed by atoms with E-state index in [0.717, 1.165) is 24.0 Å². The Hall–Kier alpha value is -1.83. The summed E-state index contributed by atoms with van der Waals surface area (Å²) >= 11 is 0. The van der Waals surface area contributed by atoms with Crippen molar-refractivity contribution in [2.75, 3.05) is 6.54 Å². The SMILES string of the molecule is C=C(C)n1cc(C)ccc1=NCC(/C=C\CC)=C/CC. The zero-order valence-electron chi connectivity index (χ0n) is 13.2. The molecule has 0 unspecified atom stereocenters. The van der Waals surface area contributed by atoms with Crippen molar-refractivity contribution in [2.45, 2.75) is 40.5 Å². The van der Waals surface area contributed by atoms with Crippen LogP contribution in [-0.2, 0) is 0 Å². The lowest BCUT2D eigenvalue weighted by atomic mass is 10.2. The van der Waals surface area contributed by atoms with Gasteiger partial charge < -0.3 is 4.57 Å². The van der Waals surface area contributed by atoms with Gasteiger partial charge in [0.25, 0.3) is 0 Å². The van der Waals surface area contributed by atoms with Crippen molar-refractivity contribution >= 4 is 5.70 Å². The maximum atomic E-state index is 4.72. The first-order valence-electron chi connectivity index (χ1n) is 7.29. The minimum Gasteiger partial charge on any atom is -0.307 e. The summed E-state index contributed by atoms with van der Waals surface area (Å²) in [6.07, 6.45) is 10.7. The maximum Gasteiger partial charge on any atom is 0.132 e. The summed E-state index contributed by atoms with van der Waals surface area (Å²) < 4.78 is 2.04. The highest BCUT2D eigenvalue weighted by molar-refractivity contribution is 5.38. The molecule has 1 heterocycles. The molecule has 0 atom stereocenters. The number of aryl methyl sites for hydroxylation is 1. The van der Waals surface area contributed by atoms with Crippen LogP contribution in [0.1, 0.15) is 39.2 Å². The third-order valence-corrected chi connectivity index (χ3v) is 2.94. The maximum absolute atomic E-state index is 4.72. The van der Waals surface area contributed by atoms with Crippen LogP contribution in [0, 0.1) is 6.92 Å². The predicted octanol–water partition coefficient (Wildman–Crippen LogP) is 4.49. The second kappa shape index (κ2) is 8.36. The largest absolute Gasteiger partial charge is 0.307 e. The summed E-state index contributed by atoms with van der Waals surface area (Å²) in [5.74, 6) is 0. The summed E-state index contributed by atoms with van der Waals surface area (Å²) in [6.45, 7) is 13.1. The fraction of sp³-hybridized carbons (Fsp3) is 0.389. The van der Waals surface area contributed by atoms with Gasteiger partial charge in [-0.1, -0.05) is 44.7 Å². The number of nitrogens with zero attached hydrogens (tertiary/aromatic N) is 2. The van der Waals surface area contributed by atoms with Crippen LogP contribution >= 0.6 is 0 Å². The molecular formula is C18H26N2. The standard InChI is InChI=1S/C18H26N2/c1-6-8-10-17(9-7-2)13-19-18-12-11-16(5)14-20(18)15(3)4/h8-12,14H,3,6-7,13H2,1-2,4-5H3/b10-8-,17-9+,19-18?. The van der Waals surface area contributed by atoms with Gasteiger partial charge >= 0.3 is 0 Å². The smallest absolute Gasteiger partial charge is 0.132 e. The van der Waals surface area contributed by atoms with Gasteiger partial charge in [-0.15, -0.1) is 0 Å². The van der Waals surface area contributed by atoms with Gasteiger partial charge in [-0.3, -0.25) is 4.99 Å². The number of rotatable bonds is 6. The zero-order chi connectivity index (χ0) is 15.0. The molecule has 0 saturated carbocycles. The predicted molar refractivity (Wildman–Crippen MR) is 88.4 cm³/mol. The molecule has 0 aliphatic rings. The van der Waals surface area contributed by atoms with E-state index in [-0.39, 0.29) is 0 Å². The van der Waals surface area contributed by atoms with Gasteiger partial charge in [0.1, 0.15) is 5.49 Å². The lowest BCUT2D eigenvalue weighted by Gasteiger charge is -2.08. The first-order chi connectivity index (χ1) is 9.58. The van der Waals surface area contributed by atoms with E-state index in [2.05, 4.69) is 63.9 Å². The number of hydrogen-bond donors (Lipinski definition) is 0. The van der Waals surface area contributed by atoms with E-state index < -0.39 is 0 Å². The van der Waals surface area contributed by atoms with Crippen LogP contribution in [0.2, 0.25) is 0 Å². The summed E-state index contributed by atoms with van der Waals surface area (Å²) in [4.78, 5) is 4.72. The van der Waals surface area contributed by atoms with Gasteiger partial charge in [0.05, 0.1) is 6.54 Å². The number of aromatic nitrogens is 1. The molecule has 0 radical (unpaired) electrons. The average Bonchev–Trinajstić information content (AvgIpc) is 2.42. The van der Waals surface area contributed by atoms with Gasteiger partial charge in [0.2, 0.25) is 0 Å². The van der Waals surface area contributed by atoms with Crippen LogP contribution in [0.15, 0.2) is 53.7 Å². The number of allylic oxidation sites excluding steroid dienone is 3. The Kier molecular flexibility index (Phi) is 6.78. The topological polar surface area (TPSA) is 17.3 Å². The van der Waals surface area contributed by atoms with Gasteiger partial charge in [-0.05, 0) is 43.9 Å². The second-order valence-corrected chi connectivity index (χ2v) is 4.98. The minimum absolute atomic E-state index is 0.709. The third-order valence-electron chi connectivity index (χ3n) is 2.94. The van der Waals surface area contributed by atoms with Gasteiger partial charge in [-0.2, -0.15) is 0 Å². The molecule has 1 rings (SSSR count). The fourth-order valence-electron chi connectivity index (χ4n) is 1.92. The number of hydrogen-bond acceptors (Lipinski definition) is 1. The lowest BCUT2D eigenvalue weighted by Crippen LogP contribution is -2.19. The van der Waals surface area contributed by atoms with E-state index in [1.807, 2.05) is 11.5 Å². The van der Waals surface area contributed by atoms with Crippen molar-refractivity contribution in [3.63, 3.8) is 0 Å². The highest BCUT2D eigenvalue weighted by atomic mass is 15.0. The van der Waals surface area contributed by atoms with E-state index in [1.165, 1.54) is 11.1 Å². The molecule has 0 amide bonds. The highest BCUT2D eigenvalue weighted by Crippen LogP contribution is 2.02. The molecule has 0 spiro atoms. The molecule has 0 fully saturated rings. The summed E-state index contributed by atoms with van der Waals surface area (Å²) in [5, 5.41) is 0. The van der Waals surface area contributed by atoms with Crippen LogP contribution in [0.25, 0.3) is 5.70 Å². The van der Waals surface area contributed by atoms with Crippen molar-refractivity contribution in [3.8, 4) is 0 Å². The molecule has 1 aromatic heterocycles. The van der Waals surface area contributed by atoms with Crippen LogP contribution < -0.4 is 5.49 Å². The normalized spacial score (nSPS) is 13.2. The minimum atomic E-state index is 0.709. The van der Waals surface area contributed by atoms with Crippen LogP contribution in [0.4, 0.5) is 0 Å². The van der Waals surface area contributed by atoms with Crippen LogP contribution in [-0.4, -0.2) is 11.1 Å². The molecule has 20 heavy (non-hydrogen) atoms. The molecule has 0 saturated heterocycles. The summed E-state index contributed by atoms with van der Waals surface area (Å²) in [6, 6.07) is 4.14. The molecular weight excluding hydrogens is 244 g/mol. The Balaban J connectivity index is 3.08. The summed E-state index contributed by atoms with van der Waals surface area (Å²) in [5.41, 5.74) is 4.41. The van der Waals surface area contributed by atoms with Crippen molar-refractivity contribution in [1.82, 2.24) is 4.57 Å². The van der Waals surface area contributed by atoms with E-state index in [0.29, 0.717) is 6.54 Å². The zero-order valence-corrected chi connectivity index (χ0v) is 13.2. The molecule has 0 bridgehead atoms. The Bertz CT molecular complexity index is 571. The Morgan fingerprint density at radius 3 is 2.65 bits per heavy atom. The molecule has 0 aromatic carbocycles. The van der Waals surface area contributed by atoms with Gasteiger partial charge in [-0.25, -0.2) is 0 Å². The fourth-order valence-corrected chi connectivity index (χ4v) is 1.92. The van der Waals surface area contributed by atoms with E-state index in [1.54, 1.807) is 0 Å². The van der Waals surface area contributed by atoms with Gasteiger partial charge in [0, 0.05) is 11.9 Å². The van der Waals surface area contributed by atoms with Crippen molar-refractivity contribution in [3.05, 3.63) is 59.8 Å². The molecule has 2 heteroatoms. The summed E-state index contributed by atoms with van der Waals surface area (Å²) in [7, 11) is 0. The third kappa shape index (κ3) is 5.04. The quantitative estimate of drug-likeness (QED) is 0.678. The molecule has 1 aromatic rings. The second-order valence-electron chi connectivity index (χ2n) is 4.98. The average molecular weight is 270 g/mol. The van der Waals surface area contributed by atoms with Crippen molar-refractivity contribution in [2.24, 2.45) is 4.99 Å². The monoisotopic (exact) mass is 270 g/mol. The van der Waals surface area contributed by atoms with Crippen LogP contribution in [0.3, 0.4) is 0 Å². The Labute approximate surface area is 122 Å². The molecule has 0 N–H and O–H groups in total. The Morgan fingerprint density at radius 2 is 2.05 bits per heavy atom. The van der Waals surface area contributed by atoms with E-state index >= 15 is 0 Å². The van der Waals surface area contributed by atoms with E-state index in [4.69, 9.17) is 4.99 Å². The molecule has 108 valence electrons. The highest BCUT2D eigenvalue weighted by Gasteiger charge is 1.96. The van der Waals surface area contributed by atoms with Crippen molar-refractivity contribution in [1.29, 1.82) is 0 Å². The first kappa shape index (κ1) is 16.2. The molecule has 0 aliphatic heterocycles. The Morgan fingerprint density at radius 1 is 1.30 bits per heavy atom. The number of pyridine rings is 1. The van der Waals surface area contributed by atoms with Crippen molar-refractivity contribution < 1.29 is 0 Å².